The van der Waals surface area contributed by atoms with Crippen LogP contribution in [0.2, 0.25) is 5.02 Å². The van der Waals surface area contributed by atoms with Crippen molar-refractivity contribution in [3.05, 3.63) is 83.1 Å². The molecular formula is C27H22ClF2N7O4. The Balaban J connectivity index is 1.44. The number of carbonyl (C=O) groups is 3. The molecule has 1 atom stereocenters. The summed E-state index contributed by atoms with van der Waals surface area (Å²) < 4.78 is 28.8. The molecule has 1 aliphatic heterocycles. The van der Waals surface area contributed by atoms with Crippen LogP contribution in [-0.4, -0.2) is 43.0 Å². The number of fused-ring (bicyclic) bond motifs is 4. The summed E-state index contributed by atoms with van der Waals surface area (Å²) in [4.78, 5) is 50.9. The van der Waals surface area contributed by atoms with E-state index in [1.165, 1.54) is 12.3 Å². The molecule has 4 aromatic rings. The molecule has 0 fully saturated rings. The van der Waals surface area contributed by atoms with Crippen molar-refractivity contribution in [3.63, 3.8) is 0 Å². The van der Waals surface area contributed by atoms with Gasteiger partial charge in [0.05, 0.1) is 40.4 Å². The molecule has 2 aromatic heterocycles. The van der Waals surface area contributed by atoms with Gasteiger partial charge in [-0.25, -0.2) is 23.5 Å². The fourth-order valence-electron chi connectivity index (χ4n) is 4.29. The fraction of sp³-hybridized carbons (Fsp3) is 0.148. The SMILES string of the molecule is O=C(O)Nc1ccc2c(c1)NC(=O)CC/C=C/C[C@H](NC(=O)c1cnc(-c3c(F)ccc(Cl)c3F)[nH]1)c1ncc-2[nH]1. The highest BCUT2D eigenvalue weighted by Gasteiger charge is 2.23. The minimum absolute atomic E-state index is 0.0453. The number of anilines is 2. The standard InChI is InChI=1S/C27H22ClF2N7O4/c28-15-8-9-16(29)22(23(15)30)25-32-12-20(36-25)26(39)37-17-4-2-1-3-5-21(38)34-18-10-13(33-27(40)41)6-7-14(18)19-11-31-24(17)35-19/h1-2,6-12,17,33H,3-5H2,(H,31,35)(H,32,36)(H,34,38)(H,37,39)(H,40,41)/b2-1+/t17-/m0/s1. The second kappa shape index (κ2) is 11.6. The van der Waals surface area contributed by atoms with E-state index in [0.717, 1.165) is 18.3 Å². The zero-order valence-electron chi connectivity index (χ0n) is 21.1. The molecule has 1 aliphatic rings. The molecule has 3 heterocycles. The second-order valence-electron chi connectivity index (χ2n) is 9.06. The van der Waals surface area contributed by atoms with Gasteiger partial charge in [0, 0.05) is 17.7 Å². The third-order valence-corrected chi connectivity index (χ3v) is 6.54. The number of amides is 3. The number of aromatic nitrogens is 4. The van der Waals surface area contributed by atoms with Crippen LogP contribution in [0, 0.1) is 11.6 Å². The molecule has 0 spiro atoms. The van der Waals surface area contributed by atoms with E-state index in [2.05, 4.69) is 35.9 Å². The first-order valence-corrected chi connectivity index (χ1v) is 12.7. The van der Waals surface area contributed by atoms with Gasteiger partial charge < -0.3 is 25.7 Å². The lowest BCUT2D eigenvalue weighted by Crippen LogP contribution is -2.29. The lowest BCUT2D eigenvalue weighted by molar-refractivity contribution is -0.116. The Hall–Kier alpha value is -5.04. The first-order chi connectivity index (χ1) is 19.7. The number of carbonyl (C=O) groups excluding carboxylic acids is 2. The summed E-state index contributed by atoms with van der Waals surface area (Å²) in [5.74, 6) is -2.57. The number of rotatable bonds is 4. The van der Waals surface area contributed by atoms with Gasteiger partial charge in [0.25, 0.3) is 5.91 Å². The maximum atomic E-state index is 14.5. The van der Waals surface area contributed by atoms with E-state index >= 15 is 0 Å². The van der Waals surface area contributed by atoms with Crippen LogP contribution in [0.15, 0.2) is 54.9 Å². The molecule has 2 bridgehead atoms. The third-order valence-electron chi connectivity index (χ3n) is 6.24. The van der Waals surface area contributed by atoms with Crippen molar-refractivity contribution in [2.75, 3.05) is 10.6 Å². The van der Waals surface area contributed by atoms with E-state index in [9.17, 15) is 23.2 Å². The number of nitrogens with zero attached hydrogens (tertiary/aromatic N) is 2. The summed E-state index contributed by atoms with van der Waals surface area (Å²) in [7, 11) is 0. The molecule has 2 aromatic carbocycles. The molecule has 6 N–H and O–H groups in total. The number of hydrogen-bond donors (Lipinski definition) is 6. The molecule has 14 heteroatoms. The summed E-state index contributed by atoms with van der Waals surface area (Å²) >= 11 is 5.78. The number of allylic oxidation sites excluding steroid dienone is 1. The van der Waals surface area contributed by atoms with Crippen molar-refractivity contribution in [2.45, 2.75) is 25.3 Å². The smallest absolute Gasteiger partial charge is 0.409 e. The summed E-state index contributed by atoms with van der Waals surface area (Å²) in [5, 5.41) is 16.7. The molecule has 0 radical (unpaired) electrons. The fourth-order valence-corrected chi connectivity index (χ4v) is 4.45. The van der Waals surface area contributed by atoms with Crippen molar-refractivity contribution >= 4 is 40.9 Å². The van der Waals surface area contributed by atoms with Crippen molar-refractivity contribution < 1.29 is 28.3 Å². The van der Waals surface area contributed by atoms with E-state index in [4.69, 9.17) is 16.7 Å². The van der Waals surface area contributed by atoms with Crippen LogP contribution in [0.3, 0.4) is 0 Å². The lowest BCUT2D eigenvalue weighted by Gasteiger charge is -2.15. The predicted octanol–water partition coefficient (Wildman–Crippen LogP) is 5.64. The van der Waals surface area contributed by atoms with Gasteiger partial charge in [0.15, 0.2) is 5.82 Å². The van der Waals surface area contributed by atoms with Gasteiger partial charge in [-0.3, -0.25) is 14.9 Å². The van der Waals surface area contributed by atoms with Crippen LogP contribution < -0.4 is 16.0 Å². The highest BCUT2D eigenvalue weighted by atomic mass is 35.5. The number of carboxylic acid groups (broad SMARTS) is 1. The van der Waals surface area contributed by atoms with Gasteiger partial charge in [0.2, 0.25) is 5.91 Å². The van der Waals surface area contributed by atoms with Crippen LogP contribution in [0.1, 0.15) is 41.6 Å². The summed E-state index contributed by atoms with van der Waals surface area (Å²) in [6, 6.07) is 6.10. The number of hydrogen-bond acceptors (Lipinski definition) is 5. The van der Waals surface area contributed by atoms with Gasteiger partial charge in [-0.1, -0.05) is 23.8 Å². The average Bonchev–Trinajstić information content (AvgIpc) is 3.60. The Morgan fingerprint density at radius 3 is 2.71 bits per heavy atom. The van der Waals surface area contributed by atoms with E-state index in [1.54, 1.807) is 24.3 Å². The van der Waals surface area contributed by atoms with Crippen LogP contribution in [0.5, 0.6) is 0 Å². The summed E-state index contributed by atoms with van der Waals surface area (Å²) in [6.45, 7) is 0. The van der Waals surface area contributed by atoms with Crippen LogP contribution in [0.25, 0.3) is 22.6 Å². The zero-order valence-corrected chi connectivity index (χ0v) is 21.9. The second-order valence-corrected chi connectivity index (χ2v) is 9.46. The molecule has 41 heavy (non-hydrogen) atoms. The van der Waals surface area contributed by atoms with E-state index < -0.39 is 35.2 Å². The Labute approximate surface area is 236 Å². The normalized spacial score (nSPS) is 15.9. The third kappa shape index (κ3) is 6.09. The molecule has 0 aliphatic carbocycles. The monoisotopic (exact) mass is 581 g/mol. The van der Waals surface area contributed by atoms with E-state index in [0.29, 0.717) is 35.6 Å². The number of H-pyrrole nitrogens is 2. The van der Waals surface area contributed by atoms with Gasteiger partial charge in [-0.05, 0) is 43.2 Å². The topological polar surface area (TPSA) is 165 Å². The Morgan fingerprint density at radius 1 is 1.07 bits per heavy atom. The highest BCUT2D eigenvalue weighted by Crippen LogP contribution is 2.32. The quantitative estimate of drug-likeness (QED) is 0.135. The molecule has 3 amide bonds. The molecule has 0 unspecified atom stereocenters. The molecule has 11 nitrogen and oxygen atoms in total. The van der Waals surface area contributed by atoms with E-state index in [-0.39, 0.29) is 34.6 Å². The minimum atomic E-state index is -1.25. The van der Waals surface area contributed by atoms with E-state index in [1.807, 2.05) is 0 Å². The van der Waals surface area contributed by atoms with Gasteiger partial charge in [-0.2, -0.15) is 0 Å². The summed E-state index contributed by atoms with van der Waals surface area (Å²) in [6.07, 6.45) is 5.93. The maximum absolute atomic E-state index is 14.5. The first-order valence-electron chi connectivity index (χ1n) is 12.3. The predicted molar refractivity (Wildman–Crippen MR) is 146 cm³/mol. The van der Waals surface area contributed by atoms with Crippen molar-refractivity contribution in [3.8, 4) is 22.6 Å². The summed E-state index contributed by atoms with van der Waals surface area (Å²) in [5.41, 5.74) is 1.16. The molecule has 0 saturated carbocycles. The lowest BCUT2D eigenvalue weighted by atomic mass is 10.1. The van der Waals surface area contributed by atoms with Crippen molar-refractivity contribution in [2.24, 2.45) is 0 Å². The number of nitrogens with one attached hydrogen (secondary N) is 5. The number of benzene rings is 2. The van der Waals surface area contributed by atoms with Gasteiger partial charge in [0.1, 0.15) is 23.2 Å². The average molecular weight is 582 g/mol. The van der Waals surface area contributed by atoms with Crippen LogP contribution >= 0.6 is 11.6 Å². The Bertz CT molecular complexity index is 1680. The first kappa shape index (κ1) is 27.5. The number of aromatic amines is 2. The van der Waals surface area contributed by atoms with Crippen LogP contribution in [-0.2, 0) is 4.79 Å². The van der Waals surface area contributed by atoms with Crippen molar-refractivity contribution in [1.82, 2.24) is 25.3 Å². The number of imidazole rings is 2. The molecular weight excluding hydrogens is 560 g/mol. The Morgan fingerprint density at radius 2 is 1.90 bits per heavy atom. The van der Waals surface area contributed by atoms with Gasteiger partial charge >= 0.3 is 6.09 Å². The van der Waals surface area contributed by atoms with Crippen LogP contribution in [0.4, 0.5) is 25.0 Å². The maximum Gasteiger partial charge on any atom is 0.409 e. The molecule has 0 saturated heterocycles. The Kier molecular flexibility index (Phi) is 7.79. The van der Waals surface area contributed by atoms with Gasteiger partial charge in [-0.15, -0.1) is 0 Å². The largest absolute Gasteiger partial charge is 0.465 e. The molecule has 5 rings (SSSR count). The zero-order chi connectivity index (χ0) is 29.1. The molecule has 210 valence electrons. The highest BCUT2D eigenvalue weighted by molar-refractivity contribution is 6.31. The van der Waals surface area contributed by atoms with Crippen molar-refractivity contribution in [1.29, 1.82) is 0 Å². The number of halogens is 3. The minimum Gasteiger partial charge on any atom is -0.465 e.